The Morgan fingerprint density at radius 2 is 2.00 bits per heavy atom. The van der Waals surface area contributed by atoms with Crippen molar-refractivity contribution in [1.82, 2.24) is 10.2 Å². The number of anilines is 1. The number of rotatable bonds is 6. The third-order valence-corrected chi connectivity index (χ3v) is 3.27. The Kier molecular flexibility index (Phi) is 6.12. The maximum atomic E-state index is 11.7. The second-order valence-corrected chi connectivity index (χ2v) is 5.11. The second kappa shape index (κ2) is 7.36. The maximum Gasteiger partial charge on any atom is 0.241 e. The van der Waals surface area contributed by atoms with E-state index < -0.39 is 0 Å². The highest BCUT2D eigenvalue weighted by atomic mass is 35.5. The molecule has 1 rings (SSSR count). The molecule has 0 aliphatic rings. The van der Waals surface area contributed by atoms with Gasteiger partial charge in [-0.1, -0.05) is 24.6 Å². The summed E-state index contributed by atoms with van der Waals surface area (Å²) < 4.78 is 0. The summed E-state index contributed by atoms with van der Waals surface area (Å²) in [7, 11) is 5.39. The number of likely N-dealkylation sites (N-methyl/N-ethyl adjacent to an activating group) is 2. The molecule has 19 heavy (non-hydrogen) atoms. The first-order valence-electron chi connectivity index (χ1n) is 6.36. The monoisotopic (exact) mass is 283 g/mol. The standard InChI is InChI=1S/C14H22ClN3O/c1-5-16-9-11-6-7-12(8-13(11)15)18(4)10-14(19)17(2)3/h6-8,16H,5,9-10H2,1-4H3. The number of nitrogens with zero attached hydrogens (tertiary/aromatic N) is 2. The largest absolute Gasteiger partial charge is 0.365 e. The lowest BCUT2D eigenvalue weighted by atomic mass is 10.2. The van der Waals surface area contributed by atoms with Gasteiger partial charge in [-0.05, 0) is 24.2 Å². The highest BCUT2D eigenvalue weighted by Gasteiger charge is 2.10. The van der Waals surface area contributed by atoms with Crippen LogP contribution in [0.15, 0.2) is 18.2 Å². The van der Waals surface area contributed by atoms with E-state index in [4.69, 9.17) is 11.6 Å². The van der Waals surface area contributed by atoms with Crippen molar-refractivity contribution < 1.29 is 4.79 Å². The Labute approximate surface area is 120 Å². The summed E-state index contributed by atoms with van der Waals surface area (Å²) in [6, 6.07) is 5.88. The van der Waals surface area contributed by atoms with Gasteiger partial charge in [-0.15, -0.1) is 0 Å². The van der Waals surface area contributed by atoms with Crippen molar-refractivity contribution in [1.29, 1.82) is 0 Å². The minimum absolute atomic E-state index is 0.0651. The second-order valence-electron chi connectivity index (χ2n) is 4.70. The topological polar surface area (TPSA) is 35.6 Å². The van der Waals surface area contributed by atoms with Crippen molar-refractivity contribution in [3.63, 3.8) is 0 Å². The van der Waals surface area contributed by atoms with Crippen LogP contribution in [0.4, 0.5) is 5.69 Å². The van der Waals surface area contributed by atoms with Crippen molar-refractivity contribution in [2.75, 3.05) is 39.1 Å². The predicted octanol–water partition coefficient (Wildman–Crippen LogP) is 1.97. The molecule has 0 heterocycles. The fourth-order valence-corrected chi connectivity index (χ4v) is 1.85. The van der Waals surface area contributed by atoms with E-state index in [1.165, 1.54) is 0 Å². The van der Waals surface area contributed by atoms with Gasteiger partial charge >= 0.3 is 0 Å². The van der Waals surface area contributed by atoms with Crippen LogP contribution >= 0.6 is 11.6 Å². The molecule has 1 amide bonds. The highest BCUT2D eigenvalue weighted by Crippen LogP contribution is 2.23. The van der Waals surface area contributed by atoms with Gasteiger partial charge < -0.3 is 15.1 Å². The van der Waals surface area contributed by atoms with Crippen LogP contribution in [0.1, 0.15) is 12.5 Å². The molecule has 1 aromatic rings. The predicted molar refractivity (Wildman–Crippen MR) is 80.8 cm³/mol. The van der Waals surface area contributed by atoms with Crippen LogP contribution < -0.4 is 10.2 Å². The number of amides is 1. The molecule has 0 radical (unpaired) electrons. The molecule has 0 unspecified atom stereocenters. The molecule has 0 fully saturated rings. The number of carbonyl (C=O) groups excluding carboxylic acids is 1. The molecular weight excluding hydrogens is 262 g/mol. The summed E-state index contributed by atoms with van der Waals surface area (Å²) in [5, 5.41) is 3.97. The van der Waals surface area contributed by atoms with E-state index in [0.717, 1.165) is 29.4 Å². The zero-order valence-electron chi connectivity index (χ0n) is 12.0. The molecule has 0 aliphatic carbocycles. The van der Waals surface area contributed by atoms with Crippen LogP contribution in [0.2, 0.25) is 5.02 Å². The van der Waals surface area contributed by atoms with Crippen molar-refractivity contribution >= 4 is 23.2 Å². The lowest BCUT2D eigenvalue weighted by Crippen LogP contribution is -2.34. The van der Waals surface area contributed by atoms with Gasteiger partial charge in [0, 0.05) is 38.4 Å². The zero-order valence-corrected chi connectivity index (χ0v) is 12.8. The molecule has 0 spiro atoms. The number of nitrogens with one attached hydrogen (secondary N) is 1. The zero-order chi connectivity index (χ0) is 14.4. The molecule has 4 nitrogen and oxygen atoms in total. The molecule has 0 atom stereocenters. The first kappa shape index (κ1) is 15.8. The average Bonchev–Trinajstić information content (AvgIpc) is 2.36. The third-order valence-electron chi connectivity index (χ3n) is 2.91. The normalized spacial score (nSPS) is 10.4. The minimum atomic E-state index is 0.0651. The molecule has 0 aliphatic heterocycles. The summed E-state index contributed by atoms with van der Waals surface area (Å²) in [5.41, 5.74) is 2.01. The Balaban J connectivity index is 2.74. The van der Waals surface area contributed by atoms with Crippen LogP contribution in [-0.4, -0.2) is 45.0 Å². The number of halogens is 1. The van der Waals surface area contributed by atoms with Gasteiger partial charge in [0.1, 0.15) is 0 Å². The van der Waals surface area contributed by atoms with Crippen LogP contribution in [0.5, 0.6) is 0 Å². The number of benzene rings is 1. The Bertz CT molecular complexity index is 435. The van der Waals surface area contributed by atoms with Gasteiger partial charge in [-0.2, -0.15) is 0 Å². The summed E-state index contributed by atoms with van der Waals surface area (Å²) in [6.45, 7) is 4.07. The van der Waals surface area contributed by atoms with Gasteiger partial charge in [0.2, 0.25) is 5.91 Å². The van der Waals surface area contributed by atoms with Crippen molar-refractivity contribution in [2.45, 2.75) is 13.5 Å². The maximum absolute atomic E-state index is 11.7. The van der Waals surface area contributed by atoms with Crippen molar-refractivity contribution in [3.8, 4) is 0 Å². The number of carbonyl (C=O) groups is 1. The summed E-state index contributed by atoms with van der Waals surface area (Å²) in [5.74, 6) is 0.0651. The Morgan fingerprint density at radius 3 is 2.53 bits per heavy atom. The van der Waals surface area contributed by atoms with E-state index >= 15 is 0 Å². The quantitative estimate of drug-likeness (QED) is 0.867. The first-order chi connectivity index (χ1) is 8.95. The molecular formula is C14H22ClN3O. The van der Waals surface area contributed by atoms with Crippen molar-refractivity contribution in [2.24, 2.45) is 0 Å². The molecule has 1 aromatic carbocycles. The Hall–Kier alpha value is -1.26. The molecule has 0 saturated carbocycles. The highest BCUT2D eigenvalue weighted by molar-refractivity contribution is 6.31. The first-order valence-corrected chi connectivity index (χ1v) is 6.74. The van der Waals surface area contributed by atoms with Crippen LogP contribution in [0.3, 0.4) is 0 Å². The number of hydrogen-bond acceptors (Lipinski definition) is 3. The summed E-state index contributed by atoms with van der Waals surface area (Å²) >= 11 is 6.25. The fourth-order valence-electron chi connectivity index (χ4n) is 1.61. The molecule has 0 bridgehead atoms. The van der Waals surface area contributed by atoms with E-state index in [1.54, 1.807) is 19.0 Å². The molecule has 0 saturated heterocycles. The summed E-state index contributed by atoms with van der Waals surface area (Å²) in [6.07, 6.45) is 0. The van der Waals surface area contributed by atoms with E-state index in [9.17, 15) is 4.79 Å². The molecule has 1 N–H and O–H groups in total. The van der Waals surface area contributed by atoms with E-state index in [1.807, 2.05) is 30.1 Å². The molecule has 0 aromatic heterocycles. The van der Waals surface area contributed by atoms with E-state index in [2.05, 4.69) is 12.2 Å². The molecule has 106 valence electrons. The SMILES string of the molecule is CCNCc1ccc(N(C)CC(=O)N(C)C)cc1Cl. The lowest BCUT2D eigenvalue weighted by Gasteiger charge is -2.21. The third kappa shape index (κ3) is 4.73. The van der Waals surface area contributed by atoms with Crippen molar-refractivity contribution in [3.05, 3.63) is 28.8 Å². The Morgan fingerprint density at radius 1 is 1.32 bits per heavy atom. The number of hydrogen-bond donors (Lipinski definition) is 1. The molecule has 5 heteroatoms. The van der Waals surface area contributed by atoms with Crippen LogP contribution in [0, 0.1) is 0 Å². The van der Waals surface area contributed by atoms with Gasteiger partial charge in [0.25, 0.3) is 0 Å². The van der Waals surface area contributed by atoms with Crippen LogP contribution in [0.25, 0.3) is 0 Å². The van der Waals surface area contributed by atoms with E-state index in [0.29, 0.717) is 6.54 Å². The summed E-state index contributed by atoms with van der Waals surface area (Å²) in [4.78, 5) is 15.1. The van der Waals surface area contributed by atoms with Gasteiger partial charge in [0.05, 0.1) is 6.54 Å². The van der Waals surface area contributed by atoms with Gasteiger partial charge in [0.15, 0.2) is 0 Å². The van der Waals surface area contributed by atoms with Crippen LogP contribution in [-0.2, 0) is 11.3 Å². The van der Waals surface area contributed by atoms with Gasteiger partial charge in [-0.3, -0.25) is 4.79 Å². The fraction of sp³-hybridized carbons (Fsp3) is 0.500. The lowest BCUT2D eigenvalue weighted by molar-refractivity contribution is -0.127. The van der Waals surface area contributed by atoms with Gasteiger partial charge in [-0.25, -0.2) is 0 Å². The smallest absolute Gasteiger partial charge is 0.241 e. The average molecular weight is 284 g/mol. The van der Waals surface area contributed by atoms with E-state index in [-0.39, 0.29) is 5.91 Å². The minimum Gasteiger partial charge on any atom is -0.365 e.